The molecule has 0 saturated carbocycles. The Morgan fingerprint density at radius 3 is 2.55 bits per heavy atom. The smallest absolute Gasteiger partial charge is 0.342 e. The molecule has 0 aliphatic carbocycles. The average Bonchev–Trinajstić information content (AvgIpc) is 2.28. The molecule has 0 aromatic carbocycles. The molecule has 0 bridgehead atoms. The van der Waals surface area contributed by atoms with Crippen LogP contribution in [-0.4, -0.2) is 11.9 Å². The first-order valence-electron chi connectivity index (χ1n) is 3.63. The maximum Gasteiger partial charge on any atom is 0.342 e. The zero-order chi connectivity index (χ0) is 8.43. The minimum absolute atomic E-state index is 0.119. The van der Waals surface area contributed by atoms with E-state index in [9.17, 15) is 9.59 Å². The number of hydrogen-bond donors (Lipinski definition) is 0. The molecule has 3 nitrogen and oxygen atoms in total. The molecule has 0 N–H and O–H groups in total. The van der Waals surface area contributed by atoms with Crippen LogP contribution in [0.1, 0.15) is 20.3 Å². The highest BCUT2D eigenvalue weighted by atomic mass is 16.6. The Hall–Kier alpha value is -1.12. The average molecular weight is 154 g/mol. The third-order valence-electron chi connectivity index (χ3n) is 1.85. The van der Waals surface area contributed by atoms with E-state index in [1.807, 2.05) is 13.8 Å². The molecule has 0 radical (unpaired) electrons. The molecule has 11 heavy (non-hydrogen) atoms. The fourth-order valence-electron chi connectivity index (χ4n) is 0.929. The second-order valence-corrected chi connectivity index (χ2v) is 2.62. The summed E-state index contributed by atoms with van der Waals surface area (Å²) >= 11 is 0. The SMILES string of the molecule is CCC(C)C1=CC(=O)OC1=O. The Morgan fingerprint density at radius 1 is 1.55 bits per heavy atom. The molecule has 1 unspecified atom stereocenters. The molecule has 3 heteroatoms. The van der Waals surface area contributed by atoms with E-state index in [1.165, 1.54) is 6.08 Å². The molecular weight excluding hydrogens is 144 g/mol. The monoisotopic (exact) mass is 154 g/mol. The molecule has 0 fully saturated rings. The number of cyclic esters (lactones) is 2. The van der Waals surface area contributed by atoms with Crippen LogP contribution in [0.15, 0.2) is 11.6 Å². The van der Waals surface area contributed by atoms with Crippen LogP contribution in [0.5, 0.6) is 0 Å². The molecule has 0 saturated heterocycles. The molecule has 0 amide bonds. The maximum absolute atomic E-state index is 10.9. The van der Waals surface area contributed by atoms with Gasteiger partial charge in [-0.05, 0) is 12.3 Å². The molecular formula is C8H10O3. The quantitative estimate of drug-likeness (QED) is 0.441. The first kappa shape index (κ1) is 7.98. The van der Waals surface area contributed by atoms with Crippen molar-refractivity contribution in [3.63, 3.8) is 0 Å². The summed E-state index contributed by atoms with van der Waals surface area (Å²) < 4.78 is 4.33. The van der Waals surface area contributed by atoms with Gasteiger partial charge in [0.2, 0.25) is 0 Å². The van der Waals surface area contributed by atoms with Gasteiger partial charge in [-0.2, -0.15) is 0 Å². The van der Waals surface area contributed by atoms with Crippen molar-refractivity contribution in [2.45, 2.75) is 20.3 Å². The molecule has 1 aliphatic rings. The highest BCUT2D eigenvalue weighted by Gasteiger charge is 2.26. The van der Waals surface area contributed by atoms with Gasteiger partial charge in [0.1, 0.15) is 0 Å². The number of esters is 2. The largest absolute Gasteiger partial charge is 0.386 e. The second-order valence-electron chi connectivity index (χ2n) is 2.62. The van der Waals surface area contributed by atoms with Crippen molar-refractivity contribution in [3.8, 4) is 0 Å². The molecule has 0 aromatic rings. The van der Waals surface area contributed by atoms with Crippen molar-refractivity contribution in [1.82, 2.24) is 0 Å². The topological polar surface area (TPSA) is 43.4 Å². The van der Waals surface area contributed by atoms with Crippen molar-refractivity contribution >= 4 is 11.9 Å². The van der Waals surface area contributed by atoms with Crippen LogP contribution in [0.25, 0.3) is 0 Å². The number of ether oxygens (including phenoxy) is 1. The lowest BCUT2D eigenvalue weighted by Gasteiger charge is -2.04. The molecule has 60 valence electrons. The van der Waals surface area contributed by atoms with Gasteiger partial charge in [0.25, 0.3) is 0 Å². The first-order valence-corrected chi connectivity index (χ1v) is 3.63. The predicted octanol–water partition coefficient (Wildman–Crippen LogP) is 1.04. The van der Waals surface area contributed by atoms with E-state index in [-0.39, 0.29) is 5.92 Å². The van der Waals surface area contributed by atoms with Gasteiger partial charge >= 0.3 is 11.9 Å². The zero-order valence-corrected chi connectivity index (χ0v) is 6.59. The van der Waals surface area contributed by atoms with Crippen LogP contribution in [0.4, 0.5) is 0 Å². The highest BCUT2D eigenvalue weighted by molar-refractivity contribution is 6.09. The summed E-state index contributed by atoms with van der Waals surface area (Å²) in [6.07, 6.45) is 2.12. The molecule has 1 rings (SSSR count). The number of carbonyl (C=O) groups is 2. The predicted molar refractivity (Wildman–Crippen MR) is 38.6 cm³/mol. The molecule has 0 aromatic heterocycles. The third kappa shape index (κ3) is 1.48. The van der Waals surface area contributed by atoms with Gasteiger partial charge in [0.15, 0.2) is 0 Å². The van der Waals surface area contributed by atoms with E-state index in [2.05, 4.69) is 4.74 Å². The van der Waals surface area contributed by atoms with Gasteiger partial charge in [-0.1, -0.05) is 13.8 Å². The van der Waals surface area contributed by atoms with Crippen LogP contribution < -0.4 is 0 Å². The summed E-state index contributed by atoms with van der Waals surface area (Å²) in [5, 5.41) is 0. The van der Waals surface area contributed by atoms with Crippen molar-refractivity contribution in [2.75, 3.05) is 0 Å². The summed E-state index contributed by atoms with van der Waals surface area (Å²) in [4.78, 5) is 21.4. The van der Waals surface area contributed by atoms with Crippen molar-refractivity contribution in [3.05, 3.63) is 11.6 Å². The van der Waals surface area contributed by atoms with Crippen molar-refractivity contribution in [1.29, 1.82) is 0 Å². The summed E-state index contributed by atoms with van der Waals surface area (Å²) in [5.41, 5.74) is 0.498. The van der Waals surface area contributed by atoms with E-state index in [0.29, 0.717) is 5.57 Å². The van der Waals surface area contributed by atoms with Crippen molar-refractivity contribution in [2.24, 2.45) is 5.92 Å². The van der Waals surface area contributed by atoms with Crippen LogP contribution >= 0.6 is 0 Å². The fourth-order valence-corrected chi connectivity index (χ4v) is 0.929. The van der Waals surface area contributed by atoms with Crippen LogP contribution in [0.3, 0.4) is 0 Å². The Bertz CT molecular complexity index is 227. The van der Waals surface area contributed by atoms with Gasteiger partial charge in [-0.3, -0.25) is 0 Å². The molecule has 1 heterocycles. The lowest BCUT2D eigenvalue weighted by atomic mass is 9.99. The zero-order valence-electron chi connectivity index (χ0n) is 6.59. The maximum atomic E-state index is 10.9. The molecule has 1 aliphatic heterocycles. The van der Waals surface area contributed by atoms with Gasteiger partial charge in [-0.15, -0.1) is 0 Å². The standard InChI is InChI=1S/C8H10O3/c1-3-5(2)6-4-7(9)11-8(6)10/h4-5H,3H2,1-2H3. The number of carbonyl (C=O) groups excluding carboxylic acids is 2. The highest BCUT2D eigenvalue weighted by Crippen LogP contribution is 2.19. The van der Waals surface area contributed by atoms with Crippen LogP contribution in [0.2, 0.25) is 0 Å². The molecule has 0 spiro atoms. The van der Waals surface area contributed by atoms with E-state index in [0.717, 1.165) is 6.42 Å². The summed E-state index contributed by atoms with van der Waals surface area (Å²) in [5.74, 6) is -0.899. The van der Waals surface area contributed by atoms with Gasteiger partial charge < -0.3 is 4.74 Å². The minimum atomic E-state index is -0.537. The summed E-state index contributed by atoms with van der Waals surface area (Å²) in [6, 6.07) is 0. The Labute approximate surface area is 65.0 Å². The summed E-state index contributed by atoms with van der Waals surface area (Å²) in [7, 11) is 0. The van der Waals surface area contributed by atoms with E-state index < -0.39 is 11.9 Å². The molecule has 1 atom stereocenters. The Kier molecular flexibility index (Phi) is 2.08. The van der Waals surface area contributed by atoms with Crippen LogP contribution in [0, 0.1) is 5.92 Å². The lowest BCUT2D eigenvalue weighted by Crippen LogP contribution is -2.07. The Balaban J connectivity index is 2.79. The third-order valence-corrected chi connectivity index (χ3v) is 1.85. The number of rotatable bonds is 2. The van der Waals surface area contributed by atoms with Gasteiger partial charge in [-0.25, -0.2) is 9.59 Å². The fraction of sp³-hybridized carbons (Fsp3) is 0.500. The normalized spacial score (nSPS) is 19.6. The van der Waals surface area contributed by atoms with E-state index >= 15 is 0 Å². The van der Waals surface area contributed by atoms with Crippen molar-refractivity contribution < 1.29 is 14.3 Å². The minimum Gasteiger partial charge on any atom is -0.386 e. The van der Waals surface area contributed by atoms with Gasteiger partial charge in [0.05, 0.1) is 0 Å². The first-order chi connectivity index (χ1) is 5.15. The summed E-state index contributed by atoms with van der Waals surface area (Å²) in [6.45, 7) is 3.85. The van der Waals surface area contributed by atoms with E-state index in [4.69, 9.17) is 0 Å². The van der Waals surface area contributed by atoms with Crippen LogP contribution in [-0.2, 0) is 14.3 Å². The second kappa shape index (κ2) is 2.86. The Morgan fingerprint density at radius 2 is 2.18 bits per heavy atom. The van der Waals surface area contributed by atoms with E-state index in [1.54, 1.807) is 0 Å². The number of hydrogen-bond acceptors (Lipinski definition) is 3. The van der Waals surface area contributed by atoms with Gasteiger partial charge in [0, 0.05) is 11.6 Å². The lowest BCUT2D eigenvalue weighted by molar-refractivity contribution is -0.150.